The topological polar surface area (TPSA) is 0 Å². The average Bonchev–Trinajstić information content (AvgIpc) is 2.54. The summed E-state index contributed by atoms with van der Waals surface area (Å²) in [6, 6.07) is 27.0. The molecule has 0 radical (unpaired) electrons. The van der Waals surface area contributed by atoms with Crippen molar-refractivity contribution in [2.75, 3.05) is 0 Å². The molecule has 0 amide bonds. The smallest absolute Gasteiger partial charge is 0.123 e. The molecule has 0 saturated heterocycles. The molecule has 3 aromatic carbocycles. The molecule has 0 atom stereocenters. The zero-order valence-electron chi connectivity index (χ0n) is 11.5. The average molecular weight is 274 g/mol. The van der Waals surface area contributed by atoms with E-state index < -0.39 is 0 Å². The third kappa shape index (κ3) is 3.26. The van der Waals surface area contributed by atoms with Crippen LogP contribution in [0.5, 0.6) is 0 Å². The summed E-state index contributed by atoms with van der Waals surface area (Å²) < 4.78 is 13.4. The van der Waals surface area contributed by atoms with Gasteiger partial charge >= 0.3 is 0 Å². The van der Waals surface area contributed by atoms with Gasteiger partial charge in [-0.3, -0.25) is 0 Å². The number of rotatable bonds is 3. The minimum absolute atomic E-state index is 0.218. The molecule has 0 N–H and O–H groups in total. The molecule has 0 nitrogen and oxygen atoms in total. The van der Waals surface area contributed by atoms with Gasteiger partial charge in [0.15, 0.2) is 0 Å². The fourth-order valence-corrected chi connectivity index (χ4v) is 2.33. The van der Waals surface area contributed by atoms with E-state index in [1.54, 1.807) is 12.1 Å². The maximum Gasteiger partial charge on any atom is 0.123 e. The fraction of sp³-hybridized carbons (Fsp3) is 0. The predicted octanol–water partition coefficient (Wildman–Crippen LogP) is 5.41. The SMILES string of the molecule is Fc1cccc(C=C(c2ccccc2)c2ccccc2)c1. The van der Waals surface area contributed by atoms with Crippen molar-refractivity contribution < 1.29 is 4.39 Å². The summed E-state index contributed by atoms with van der Waals surface area (Å²) in [7, 11) is 0. The Hall–Kier alpha value is -2.67. The molecule has 3 rings (SSSR count). The first-order chi connectivity index (χ1) is 10.3. The summed E-state index contributed by atoms with van der Waals surface area (Å²) >= 11 is 0. The van der Waals surface area contributed by atoms with Crippen LogP contribution in [-0.4, -0.2) is 0 Å². The minimum atomic E-state index is -0.218. The van der Waals surface area contributed by atoms with Crippen LogP contribution in [0.15, 0.2) is 84.9 Å². The maximum absolute atomic E-state index is 13.4. The molecule has 0 aromatic heterocycles. The number of hydrogen-bond donors (Lipinski definition) is 0. The monoisotopic (exact) mass is 274 g/mol. The van der Waals surface area contributed by atoms with E-state index in [9.17, 15) is 4.39 Å². The van der Waals surface area contributed by atoms with Crippen molar-refractivity contribution >= 4 is 11.6 Å². The molecule has 1 heteroatoms. The maximum atomic E-state index is 13.4. The van der Waals surface area contributed by atoms with E-state index >= 15 is 0 Å². The van der Waals surface area contributed by atoms with Crippen molar-refractivity contribution in [2.45, 2.75) is 0 Å². The normalized spacial score (nSPS) is 10.1. The van der Waals surface area contributed by atoms with Crippen LogP contribution < -0.4 is 0 Å². The van der Waals surface area contributed by atoms with E-state index in [0.717, 1.165) is 22.3 Å². The van der Waals surface area contributed by atoms with Crippen molar-refractivity contribution in [3.63, 3.8) is 0 Å². The van der Waals surface area contributed by atoms with Gasteiger partial charge in [0.25, 0.3) is 0 Å². The van der Waals surface area contributed by atoms with Gasteiger partial charge in [0.1, 0.15) is 5.82 Å². The lowest BCUT2D eigenvalue weighted by atomic mass is 9.96. The van der Waals surface area contributed by atoms with Crippen LogP contribution >= 0.6 is 0 Å². The second kappa shape index (κ2) is 6.19. The van der Waals surface area contributed by atoms with Crippen molar-refractivity contribution in [1.29, 1.82) is 0 Å². The lowest BCUT2D eigenvalue weighted by Gasteiger charge is -2.09. The highest BCUT2D eigenvalue weighted by Crippen LogP contribution is 2.25. The zero-order chi connectivity index (χ0) is 14.5. The molecule has 0 aliphatic rings. The number of benzene rings is 3. The molecule has 0 bridgehead atoms. The first kappa shape index (κ1) is 13.3. The molecule has 0 aliphatic carbocycles. The third-order valence-corrected chi connectivity index (χ3v) is 3.33. The number of halogens is 1. The van der Waals surface area contributed by atoms with E-state index in [-0.39, 0.29) is 5.82 Å². The lowest BCUT2D eigenvalue weighted by molar-refractivity contribution is 0.627. The molecule has 0 spiro atoms. The molecule has 21 heavy (non-hydrogen) atoms. The Bertz CT molecular complexity index is 702. The van der Waals surface area contributed by atoms with Crippen LogP contribution in [-0.2, 0) is 0 Å². The van der Waals surface area contributed by atoms with Gasteiger partial charge in [-0.25, -0.2) is 4.39 Å². The van der Waals surface area contributed by atoms with E-state index in [4.69, 9.17) is 0 Å². The Morgan fingerprint density at radius 1 is 0.667 bits per heavy atom. The molecular weight excluding hydrogens is 259 g/mol. The summed E-state index contributed by atoms with van der Waals surface area (Å²) in [6.07, 6.45) is 2.02. The van der Waals surface area contributed by atoms with Gasteiger partial charge in [0.05, 0.1) is 0 Å². The second-order valence-corrected chi connectivity index (χ2v) is 4.85. The van der Waals surface area contributed by atoms with Crippen LogP contribution in [0.2, 0.25) is 0 Å². The Labute approximate surface area is 124 Å². The summed E-state index contributed by atoms with van der Waals surface area (Å²) in [5.41, 5.74) is 4.18. The van der Waals surface area contributed by atoms with E-state index in [1.807, 2.05) is 48.5 Å². The highest BCUT2D eigenvalue weighted by Gasteiger charge is 2.04. The summed E-state index contributed by atoms with van der Waals surface area (Å²) in [4.78, 5) is 0. The summed E-state index contributed by atoms with van der Waals surface area (Å²) in [5, 5.41) is 0. The molecule has 0 heterocycles. The first-order valence-corrected chi connectivity index (χ1v) is 6.91. The van der Waals surface area contributed by atoms with Crippen molar-refractivity contribution in [3.8, 4) is 0 Å². The van der Waals surface area contributed by atoms with Gasteiger partial charge in [0.2, 0.25) is 0 Å². The van der Waals surface area contributed by atoms with E-state index in [1.165, 1.54) is 6.07 Å². The summed E-state index contributed by atoms with van der Waals surface area (Å²) in [5.74, 6) is -0.218. The molecule has 0 saturated carbocycles. The summed E-state index contributed by atoms with van der Waals surface area (Å²) in [6.45, 7) is 0. The quantitative estimate of drug-likeness (QED) is 0.560. The Morgan fingerprint density at radius 3 is 1.76 bits per heavy atom. The second-order valence-electron chi connectivity index (χ2n) is 4.85. The highest BCUT2D eigenvalue weighted by atomic mass is 19.1. The van der Waals surface area contributed by atoms with Crippen molar-refractivity contribution in [2.24, 2.45) is 0 Å². The Kier molecular flexibility index (Phi) is 3.92. The Balaban J connectivity index is 2.13. The van der Waals surface area contributed by atoms with Crippen molar-refractivity contribution in [1.82, 2.24) is 0 Å². The molecule has 0 fully saturated rings. The van der Waals surface area contributed by atoms with Gasteiger partial charge in [-0.15, -0.1) is 0 Å². The largest absolute Gasteiger partial charge is 0.207 e. The van der Waals surface area contributed by atoms with E-state index in [0.29, 0.717) is 0 Å². The minimum Gasteiger partial charge on any atom is -0.207 e. The van der Waals surface area contributed by atoms with Crippen molar-refractivity contribution in [3.05, 3.63) is 107 Å². The molecule has 3 aromatic rings. The third-order valence-electron chi connectivity index (χ3n) is 3.33. The van der Waals surface area contributed by atoms with Gasteiger partial charge in [-0.05, 0) is 40.5 Å². The highest BCUT2D eigenvalue weighted by molar-refractivity contribution is 5.91. The number of hydrogen-bond acceptors (Lipinski definition) is 0. The van der Waals surface area contributed by atoms with E-state index in [2.05, 4.69) is 24.3 Å². The fourth-order valence-electron chi connectivity index (χ4n) is 2.33. The molecule has 0 unspecified atom stereocenters. The lowest BCUT2D eigenvalue weighted by Crippen LogP contribution is -1.88. The van der Waals surface area contributed by atoms with Crippen LogP contribution in [0.1, 0.15) is 16.7 Å². The van der Waals surface area contributed by atoms with Crippen LogP contribution in [0.25, 0.3) is 11.6 Å². The van der Waals surface area contributed by atoms with Gasteiger partial charge in [-0.2, -0.15) is 0 Å². The van der Waals surface area contributed by atoms with Crippen LogP contribution in [0.3, 0.4) is 0 Å². The first-order valence-electron chi connectivity index (χ1n) is 6.91. The zero-order valence-corrected chi connectivity index (χ0v) is 11.5. The standard InChI is InChI=1S/C20H15F/c21-19-13-7-8-16(14-19)15-20(17-9-3-1-4-10-17)18-11-5-2-6-12-18/h1-15H. The van der Waals surface area contributed by atoms with Crippen LogP contribution in [0.4, 0.5) is 4.39 Å². The van der Waals surface area contributed by atoms with Gasteiger partial charge in [0, 0.05) is 0 Å². The molecular formula is C20H15F. The molecule has 0 aliphatic heterocycles. The van der Waals surface area contributed by atoms with Crippen LogP contribution in [0, 0.1) is 5.82 Å². The van der Waals surface area contributed by atoms with Gasteiger partial charge in [-0.1, -0.05) is 72.8 Å². The predicted molar refractivity (Wildman–Crippen MR) is 86.3 cm³/mol. The van der Waals surface area contributed by atoms with Gasteiger partial charge < -0.3 is 0 Å². The Morgan fingerprint density at radius 2 is 1.24 bits per heavy atom. The molecule has 102 valence electrons.